The standard InChI is InChI=1S/C26H28N2O2/c1-19(2)22-12-6-9-15-25(22)30-18-21(29)17-28-24-14-8-7-13-23(24)27-26(28)16-20-10-4-3-5-11-20/h3-15,19,21,29H,16-18H2,1-2H3. The van der Waals surface area contributed by atoms with Gasteiger partial charge in [0.15, 0.2) is 0 Å². The summed E-state index contributed by atoms with van der Waals surface area (Å²) < 4.78 is 8.11. The number of rotatable bonds is 8. The van der Waals surface area contributed by atoms with Crippen molar-refractivity contribution in [2.75, 3.05) is 6.61 Å². The molecule has 0 bridgehead atoms. The Labute approximate surface area is 177 Å². The minimum absolute atomic E-state index is 0.237. The number of benzene rings is 3. The molecule has 0 amide bonds. The Morgan fingerprint density at radius 1 is 0.900 bits per heavy atom. The van der Waals surface area contributed by atoms with Gasteiger partial charge in [-0.3, -0.25) is 0 Å². The van der Waals surface area contributed by atoms with E-state index in [1.165, 1.54) is 5.56 Å². The van der Waals surface area contributed by atoms with Crippen molar-refractivity contribution in [1.29, 1.82) is 0 Å². The molecule has 0 saturated carbocycles. The first-order valence-corrected chi connectivity index (χ1v) is 10.5. The van der Waals surface area contributed by atoms with Gasteiger partial charge >= 0.3 is 0 Å². The van der Waals surface area contributed by atoms with Crippen LogP contribution < -0.4 is 4.74 Å². The van der Waals surface area contributed by atoms with E-state index in [1.54, 1.807) is 0 Å². The lowest BCUT2D eigenvalue weighted by Gasteiger charge is -2.18. The summed E-state index contributed by atoms with van der Waals surface area (Å²) in [5, 5.41) is 10.8. The van der Waals surface area contributed by atoms with Gasteiger partial charge in [-0.05, 0) is 35.2 Å². The molecule has 30 heavy (non-hydrogen) atoms. The molecule has 4 aromatic rings. The van der Waals surface area contributed by atoms with Gasteiger partial charge in [-0.1, -0.05) is 74.5 Å². The van der Waals surface area contributed by atoms with Crippen LogP contribution >= 0.6 is 0 Å². The maximum atomic E-state index is 10.8. The van der Waals surface area contributed by atoms with E-state index in [1.807, 2.05) is 54.6 Å². The summed E-state index contributed by atoms with van der Waals surface area (Å²) in [6, 6.07) is 26.4. The lowest BCUT2D eigenvalue weighted by atomic mass is 10.0. The molecule has 0 spiro atoms. The van der Waals surface area contributed by atoms with Crippen LogP contribution in [0.25, 0.3) is 11.0 Å². The number of nitrogens with zero attached hydrogens (tertiary/aromatic N) is 2. The molecule has 3 aromatic carbocycles. The predicted octanol–water partition coefficient (Wildman–Crippen LogP) is 5.19. The summed E-state index contributed by atoms with van der Waals surface area (Å²) in [4.78, 5) is 4.83. The second-order valence-electron chi connectivity index (χ2n) is 7.95. The molecule has 1 heterocycles. The van der Waals surface area contributed by atoms with E-state index in [0.717, 1.165) is 34.6 Å². The lowest BCUT2D eigenvalue weighted by molar-refractivity contribution is 0.0922. The number of imidazole rings is 1. The molecule has 4 rings (SSSR count). The summed E-state index contributed by atoms with van der Waals surface area (Å²) in [6.07, 6.45) is 0.0802. The smallest absolute Gasteiger partial charge is 0.122 e. The first kappa shape index (κ1) is 20.2. The monoisotopic (exact) mass is 400 g/mol. The molecule has 0 saturated heterocycles. The van der Waals surface area contributed by atoms with Crippen LogP contribution in [0.2, 0.25) is 0 Å². The van der Waals surface area contributed by atoms with E-state index in [4.69, 9.17) is 9.72 Å². The number of para-hydroxylation sites is 3. The van der Waals surface area contributed by atoms with E-state index in [9.17, 15) is 5.11 Å². The largest absolute Gasteiger partial charge is 0.491 e. The fraction of sp³-hybridized carbons (Fsp3) is 0.269. The van der Waals surface area contributed by atoms with Crippen molar-refractivity contribution in [2.45, 2.75) is 38.8 Å². The average Bonchev–Trinajstić information content (AvgIpc) is 3.10. The van der Waals surface area contributed by atoms with Gasteiger partial charge in [0.1, 0.15) is 24.3 Å². The molecule has 4 nitrogen and oxygen atoms in total. The number of hydrogen-bond acceptors (Lipinski definition) is 3. The van der Waals surface area contributed by atoms with Crippen LogP contribution in [-0.2, 0) is 13.0 Å². The minimum atomic E-state index is -0.641. The number of fused-ring (bicyclic) bond motifs is 1. The van der Waals surface area contributed by atoms with E-state index >= 15 is 0 Å². The van der Waals surface area contributed by atoms with Gasteiger partial charge in [-0.25, -0.2) is 4.98 Å². The van der Waals surface area contributed by atoms with E-state index in [-0.39, 0.29) is 6.61 Å². The molecule has 0 aliphatic heterocycles. The molecule has 1 atom stereocenters. The molecule has 154 valence electrons. The topological polar surface area (TPSA) is 47.3 Å². The highest BCUT2D eigenvalue weighted by Crippen LogP contribution is 2.26. The van der Waals surface area contributed by atoms with E-state index < -0.39 is 6.10 Å². The third kappa shape index (κ3) is 4.55. The molecule has 4 heteroatoms. The fourth-order valence-electron chi connectivity index (χ4n) is 3.78. The van der Waals surface area contributed by atoms with Crippen LogP contribution in [0.3, 0.4) is 0 Å². The number of ether oxygens (including phenoxy) is 1. The van der Waals surface area contributed by atoms with Gasteiger partial charge in [0, 0.05) is 6.42 Å². The maximum Gasteiger partial charge on any atom is 0.122 e. The number of aliphatic hydroxyl groups is 1. The summed E-state index contributed by atoms with van der Waals surface area (Å²) in [5.74, 6) is 2.16. The highest BCUT2D eigenvalue weighted by Gasteiger charge is 2.16. The minimum Gasteiger partial charge on any atom is -0.491 e. The lowest BCUT2D eigenvalue weighted by Crippen LogP contribution is -2.25. The van der Waals surface area contributed by atoms with Gasteiger partial charge in [0.2, 0.25) is 0 Å². The Kier molecular flexibility index (Phi) is 6.15. The van der Waals surface area contributed by atoms with Gasteiger partial charge in [-0.15, -0.1) is 0 Å². The zero-order valence-corrected chi connectivity index (χ0v) is 17.5. The number of hydrogen-bond donors (Lipinski definition) is 1. The fourth-order valence-corrected chi connectivity index (χ4v) is 3.78. The van der Waals surface area contributed by atoms with Gasteiger partial charge in [-0.2, -0.15) is 0 Å². The predicted molar refractivity (Wildman–Crippen MR) is 121 cm³/mol. The molecule has 0 radical (unpaired) electrons. The molecular weight excluding hydrogens is 372 g/mol. The summed E-state index contributed by atoms with van der Waals surface area (Å²) in [7, 11) is 0. The molecule has 0 aliphatic carbocycles. The van der Waals surface area contributed by atoms with Crippen molar-refractivity contribution in [3.8, 4) is 5.75 Å². The van der Waals surface area contributed by atoms with Crippen molar-refractivity contribution in [1.82, 2.24) is 9.55 Å². The first-order chi connectivity index (χ1) is 14.6. The summed E-state index contributed by atoms with van der Waals surface area (Å²) in [6.45, 7) is 4.96. The zero-order chi connectivity index (χ0) is 20.9. The van der Waals surface area contributed by atoms with Crippen LogP contribution in [0.15, 0.2) is 78.9 Å². The van der Waals surface area contributed by atoms with Gasteiger partial charge in [0.05, 0.1) is 17.6 Å². The molecule has 1 aromatic heterocycles. The highest BCUT2D eigenvalue weighted by atomic mass is 16.5. The highest BCUT2D eigenvalue weighted by molar-refractivity contribution is 5.76. The Bertz CT molecular complexity index is 1100. The van der Waals surface area contributed by atoms with Crippen LogP contribution in [0.4, 0.5) is 0 Å². The van der Waals surface area contributed by atoms with Gasteiger partial charge in [0.25, 0.3) is 0 Å². The van der Waals surface area contributed by atoms with Crippen LogP contribution in [-0.4, -0.2) is 27.4 Å². The molecule has 1 unspecified atom stereocenters. The Balaban J connectivity index is 1.53. The maximum absolute atomic E-state index is 10.8. The second-order valence-corrected chi connectivity index (χ2v) is 7.95. The van der Waals surface area contributed by atoms with Crippen molar-refractivity contribution >= 4 is 11.0 Å². The van der Waals surface area contributed by atoms with Crippen molar-refractivity contribution < 1.29 is 9.84 Å². The molecule has 0 aliphatic rings. The molecular formula is C26H28N2O2. The zero-order valence-electron chi connectivity index (χ0n) is 17.5. The van der Waals surface area contributed by atoms with Crippen molar-refractivity contribution in [3.63, 3.8) is 0 Å². The van der Waals surface area contributed by atoms with Crippen molar-refractivity contribution in [2.24, 2.45) is 0 Å². The third-order valence-corrected chi connectivity index (χ3v) is 5.30. The normalized spacial score (nSPS) is 12.4. The summed E-state index contributed by atoms with van der Waals surface area (Å²) >= 11 is 0. The SMILES string of the molecule is CC(C)c1ccccc1OCC(O)Cn1c(Cc2ccccc2)nc2ccccc21. The first-order valence-electron chi connectivity index (χ1n) is 10.5. The van der Waals surface area contributed by atoms with E-state index in [0.29, 0.717) is 12.5 Å². The number of aliphatic hydroxyl groups excluding tert-OH is 1. The Hall–Kier alpha value is -3.11. The molecule has 0 fully saturated rings. The number of aromatic nitrogens is 2. The summed E-state index contributed by atoms with van der Waals surface area (Å²) in [5.41, 5.74) is 4.33. The third-order valence-electron chi connectivity index (χ3n) is 5.30. The van der Waals surface area contributed by atoms with E-state index in [2.05, 4.69) is 42.7 Å². The quantitative estimate of drug-likeness (QED) is 0.443. The van der Waals surface area contributed by atoms with Crippen LogP contribution in [0, 0.1) is 0 Å². The Morgan fingerprint density at radius 3 is 2.40 bits per heavy atom. The van der Waals surface area contributed by atoms with Crippen LogP contribution in [0.5, 0.6) is 5.75 Å². The van der Waals surface area contributed by atoms with Crippen molar-refractivity contribution in [3.05, 3.63) is 95.8 Å². The molecule has 1 N–H and O–H groups in total. The average molecular weight is 401 g/mol. The van der Waals surface area contributed by atoms with Gasteiger partial charge < -0.3 is 14.4 Å². The Morgan fingerprint density at radius 2 is 1.60 bits per heavy atom. The second kappa shape index (κ2) is 9.14. The van der Waals surface area contributed by atoms with Crippen LogP contribution in [0.1, 0.15) is 36.7 Å².